The third-order valence-electron chi connectivity index (χ3n) is 6.24. The molecule has 1 atom stereocenters. The number of nitrogens with zero attached hydrogens (tertiary/aromatic N) is 4. The number of carbonyl (C=O) groups is 2. The molecule has 0 spiro atoms. The summed E-state index contributed by atoms with van der Waals surface area (Å²) in [5, 5.41) is 0. The summed E-state index contributed by atoms with van der Waals surface area (Å²) in [6.07, 6.45) is 4.41. The first-order valence-corrected chi connectivity index (χ1v) is 10.6. The minimum Gasteiger partial charge on any atom is -0.459 e. The topological polar surface area (TPSA) is 79.5 Å². The molecule has 7 nitrogen and oxygen atoms in total. The van der Waals surface area contributed by atoms with E-state index in [-0.39, 0.29) is 17.6 Å². The zero-order chi connectivity index (χ0) is 21.4. The molecule has 3 heterocycles. The van der Waals surface area contributed by atoms with E-state index in [1.165, 1.54) is 17.4 Å². The number of furan rings is 1. The van der Waals surface area contributed by atoms with Crippen LogP contribution in [0.3, 0.4) is 0 Å². The predicted molar refractivity (Wildman–Crippen MR) is 115 cm³/mol. The van der Waals surface area contributed by atoms with Gasteiger partial charge in [-0.25, -0.2) is 9.97 Å². The minimum absolute atomic E-state index is 0.0947. The van der Waals surface area contributed by atoms with Crippen molar-refractivity contribution in [2.75, 3.05) is 31.1 Å². The van der Waals surface area contributed by atoms with Crippen molar-refractivity contribution in [1.82, 2.24) is 14.9 Å². The van der Waals surface area contributed by atoms with E-state index in [1.54, 1.807) is 23.2 Å². The van der Waals surface area contributed by atoms with Gasteiger partial charge in [0.2, 0.25) is 5.95 Å². The molecule has 1 aliphatic carbocycles. The van der Waals surface area contributed by atoms with Gasteiger partial charge < -0.3 is 14.2 Å². The molecule has 1 fully saturated rings. The molecular weight excluding hydrogens is 392 g/mol. The Balaban J connectivity index is 1.32. The molecule has 2 aliphatic rings. The summed E-state index contributed by atoms with van der Waals surface area (Å²) >= 11 is 0. The minimum atomic E-state index is -0.0947. The zero-order valence-corrected chi connectivity index (χ0v) is 17.5. The second kappa shape index (κ2) is 7.98. The van der Waals surface area contributed by atoms with Gasteiger partial charge in [0.25, 0.3) is 5.91 Å². The molecule has 0 bridgehead atoms. The molecular formula is C24H24N4O3. The number of rotatable bonds is 3. The fourth-order valence-electron chi connectivity index (χ4n) is 4.52. The number of amides is 1. The SMILES string of the molecule is Cc1ccccc1C1CC(=O)c2cnc(N3CCN(C(=O)c4ccco4)CC3)nc2C1. The molecule has 1 aromatic carbocycles. The highest BCUT2D eigenvalue weighted by Crippen LogP contribution is 2.33. The quantitative estimate of drug-likeness (QED) is 0.652. The third kappa shape index (κ3) is 3.71. The van der Waals surface area contributed by atoms with Crippen LogP contribution in [0.1, 0.15) is 50.1 Å². The molecule has 1 aliphatic heterocycles. The van der Waals surface area contributed by atoms with Crippen LogP contribution in [0.25, 0.3) is 0 Å². The third-order valence-corrected chi connectivity index (χ3v) is 6.24. The summed E-state index contributed by atoms with van der Waals surface area (Å²) in [4.78, 5) is 38.3. The maximum absolute atomic E-state index is 12.8. The Morgan fingerprint density at radius 1 is 1.06 bits per heavy atom. The van der Waals surface area contributed by atoms with Crippen LogP contribution in [0.5, 0.6) is 0 Å². The largest absolute Gasteiger partial charge is 0.459 e. The second-order valence-electron chi connectivity index (χ2n) is 8.17. The van der Waals surface area contributed by atoms with Gasteiger partial charge in [0, 0.05) is 38.8 Å². The average Bonchev–Trinajstić information content (AvgIpc) is 3.33. The van der Waals surface area contributed by atoms with Gasteiger partial charge in [0.1, 0.15) is 0 Å². The van der Waals surface area contributed by atoms with Crippen LogP contribution in [0.4, 0.5) is 5.95 Å². The highest BCUT2D eigenvalue weighted by molar-refractivity contribution is 5.98. The van der Waals surface area contributed by atoms with Crippen LogP contribution >= 0.6 is 0 Å². The molecule has 2 aromatic heterocycles. The fraction of sp³-hybridized carbons (Fsp3) is 0.333. The van der Waals surface area contributed by atoms with Gasteiger partial charge in [-0.15, -0.1) is 0 Å². The van der Waals surface area contributed by atoms with Gasteiger partial charge in [-0.3, -0.25) is 9.59 Å². The monoisotopic (exact) mass is 416 g/mol. The molecule has 1 amide bonds. The lowest BCUT2D eigenvalue weighted by molar-refractivity contribution is 0.0714. The molecule has 5 rings (SSSR count). The van der Waals surface area contributed by atoms with Crippen LogP contribution in [-0.2, 0) is 6.42 Å². The van der Waals surface area contributed by atoms with Gasteiger partial charge in [-0.05, 0) is 42.5 Å². The number of fused-ring (bicyclic) bond motifs is 1. The predicted octanol–water partition coefficient (Wildman–Crippen LogP) is 3.25. The average molecular weight is 416 g/mol. The molecule has 0 radical (unpaired) electrons. The number of aryl methyl sites for hydroxylation is 1. The van der Waals surface area contributed by atoms with Crippen molar-refractivity contribution in [1.29, 1.82) is 0 Å². The molecule has 0 N–H and O–H groups in total. The maximum atomic E-state index is 12.8. The number of Topliss-reactive ketones (excluding diaryl/α,β-unsaturated/α-hetero) is 1. The second-order valence-corrected chi connectivity index (χ2v) is 8.17. The van der Waals surface area contributed by atoms with E-state index < -0.39 is 0 Å². The fourth-order valence-corrected chi connectivity index (χ4v) is 4.52. The Hall–Kier alpha value is -3.48. The van der Waals surface area contributed by atoms with Crippen molar-refractivity contribution in [2.45, 2.75) is 25.7 Å². The van der Waals surface area contributed by atoms with Gasteiger partial charge >= 0.3 is 0 Å². The smallest absolute Gasteiger partial charge is 0.289 e. The standard InChI is InChI=1S/C24H24N4O3/c1-16-5-2-3-6-18(16)17-13-20-19(21(29)14-17)15-25-24(26-20)28-10-8-27(9-11-28)23(30)22-7-4-12-31-22/h2-7,12,15,17H,8-11,13-14H2,1H3. The summed E-state index contributed by atoms with van der Waals surface area (Å²) in [5.74, 6) is 1.14. The highest BCUT2D eigenvalue weighted by atomic mass is 16.3. The van der Waals surface area contributed by atoms with Crippen LogP contribution in [-0.4, -0.2) is 52.7 Å². The first-order chi connectivity index (χ1) is 15.1. The number of hydrogen-bond acceptors (Lipinski definition) is 6. The lowest BCUT2D eigenvalue weighted by Crippen LogP contribution is -2.49. The van der Waals surface area contributed by atoms with Crippen molar-refractivity contribution in [2.24, 2.45) is 0 Å². The number of hydrogen-bond donors (Lipinski definition) is 0. The highest BCUT2D eigenvalue weighted by Gasteiger charge is 2.30. The Morgan fingerprint density at radius 3 is 2.61 bits per heavy atom. The summed E-state index contributed by atoms with van der Waals surface area (Å²) in [6, 6.07) is 11.6. The molecule has 0 saturated carbocycles. The van der Waals surface area contributed by atoms with Crippen molar-refractivity contribution in [3.05, 3.63) is 77.0 Å². The Kier molecular flexibility index (Phi) is 5.02. The van der Waals surface area contributed by atoms with E-state index in [9.17, 15) is 9.59 Å². The molecule has 1 saturated heterocycles. The number of piperazine rings is 1. The van der Waals surface area contributed by atoms with Crippen LogP contribution < -0.4 is 4.90 Å². The van der Waals surface area contributed by atoms with E-state index in [1.807, 2.05) is 12.1 Å². The van der Waals surface area contributed by atoms with Crippen LogP contribution in [0, 0.1) is 6.92 Å². The van der Waals surface area contributed by atoms with Gasteiger partial charge in [-0.2, -0.15) is 0 Å². The molecule has 1 unspecified atom stereocenters. The van der Waals surface area contributed by atoms with Crippen molar-refractivity contribution in [3.8, 4) is 0 Å². The van der Waals surface area contributed by atoms with E-state index in [2.05, 4.69) is 28.9 Å². The maximum Gasteiger partial charge on any atom is 0.289 e. The Labute approximate surface area is 180 Å². The Morgan fingerprint density at radius 2 is 1.87 bits per heavy atom. The van der Waals surface area contributed by atoms with Crippen LogP contribution in [0.15, 0.2) is 53.3 Å². The van der Waals surface area contributed by atoms with E-state index in [0.717, 1.165) is 12.1 Å². The molecule has 7 heteroatoms. The molecule has 158 valence electrons. The Bertz CT molecular complexity index is 1120. The number of ketones is 1. The van der Waals surface area contributed by atoms with Gasteiger partial charge in [0.15, 0.2) is 11.5 Å². The first-order valence-electron chi connectivity index (χ1n) is 10.6. The van der Waals surface area contributed by atoms with Crippen molar-refractivity contribution in [3.63, 3.8) is 0 Å². The molecule has 3 aromatic rings. The number of benzene rings is 1. The van der Waals surface area contributed by atoms with Crippen LogP contribution in [0.2, 0.25) is 0 Å². The zero-order valence-electron chi connectivity index (χ0n) is 17.5. The summed E-state index contributed by atoms with van der Waals surface area (Å²) < 4.78 is 5.23. The summed E-state index contributed by atoms with van der Waals surface area (Å²) in [5.41, 5.74) is 3.88. The van der Waals surface area contributed by atoms with E-state index in [4.69, 9.17) is 9.40 Å². The number of anilines is 1. The molecule has 31 heavy (non-hydrogen) atoms. The van der Waals surface area contributed by atoms with E-state index >= 15 is 0 Å². The number of carbonyl (C=O) groups excluding carboxylic acids is 2. The lowest BCUT2D eigenvalue weighted by atomic mass is 9.81. The lowest BCUT2D eigenvalue weighted by Gasteiger charge is -2.34. The van der Waals surface area contributed by atoms with Gasteiger partial charge in [-0.1, -0.05) is 24.3 Å². The van der Waals surface area contributed by atoms with E-state index in [0.29, 0.717) is 49.9 Å². The van der Waals surface area contributed by atoms with Crippen molar-refractivity contribution < 1.29 is 14.0 Å². The summed E-state index contributed by atoms with van der Waals surface area (Å²) in [6.45, 7) is 4.51. The van der Waals surface area contributed by atoms with Gasteiger partial charge in [0.05, 0.1) is 17.5 Å². The summed E-state index contributed by atoms with van der Waals surface area (Å²) in [7, 11) is 0. The first kappa shape index (κ1) is 19.5. The van der Waals surface area contributed by atoms with Crippen molar-refractivity contribution >= 4 is 17.6 Å². The normalized spacial score (nSPS) is 18.7. The number of aromatic nitrogens is 2.